The summed E-state index contributed by atoms with van der Waals surface area (Å²) >= 11 is 3.39. The van der Waals surface area contributed by atoms with Gasteiger partial charge in [0.15, 0.2) is 0 Å². The van der Waals surface area contributed by atoms with Gasteiger partial charge in [-0.2, -0.15) is 5.26 Å². The molecule has 0 aliphatic carbocycles. The van der Waals surface area contributed by atoms with Crippen molar-refractivity contribution in [3.63, 3.8) is 0 Å². The van der Waals surface area contributed by atoms with Crippen LogP contribution in [0.5, 0.6) is 5.75 Å². The highest BCUT2D eigenvalue weighted by molar-refractivity contribution is 9.10. The first-order valence-electron chi connectivity index (χ1n) is 6.37. The Morgan fingerprint density at radius 1 is 1.28 bits per heavy atom. The highest BCUT2D eigenvalue weighted by Crippen LogP contribution is 2.31. The van der Waals surface area contributed by atoms with Gasteiger partial charge in [0.05, 0.1) is 5.56 Å². The molecule has 2 aliphatic rings. The second-order valence-corrected chi connectivity index (χ2v) is 5.96. The van der Waals surface area contributed by atoms with Crippen LogP contribution in [0, 0.1) is 11.3 Å². The SMILES string of the molecule is N#Cc1ccc(OC2CC3CCC(C2)N3)cc1Br. The molecule has 2 bridgehead atoms. The Hall–Kier alpha value is -1.05. The molecule has 3 nitrogen and oxygen atoms in total. The van der Waals surface area contributed by atoms with E-state index in [-0.39, 0.29) is 0 Å². The lowest BCUT2D eigenvalue weighted by molar-refractivity contribution is 0.137. The number of piperidine rings is 1. The number of ether oxygens (including phenoxy) is 1. The summed E-state index contributed by atoms with van der Waals surface area (Å²) in [5.74, 6) is 0.854. The van der Waals surface area contributed by atoms with Gasteiger partial charge in [-0.3, -0.25) is 0 Å². The van der Waals surface area contributed by atoms with E-state index >= 15 is 0 Å². The van der Waals surface area contributed by atoms with E-state index in [9.17, 15) is 0 Å². The van der Waals surface area contributed by atoms with Gasteiger partial charge in [0.1, 0.15) is 17.9 Å². The van der Waals surface area contributed by atoms with E-state index < -0.39 is 0 Å². The van der Waals surface area contributed by atoms with Crippen molar-refractivity contribution < 1.29 is 4.74 Å². The molecule has 0 spiro atoms. The molecule has 94 valence electrons. The van der Waals surface area contributed by atoms with Crippen LogP contribution in [0.1, 0.15) is 31.2 Å². The molecule has 2 fully saturated rings. The lowest BCUT2D eigenvalue weighted by atomic mass is 10.0. The predicted molar refractivity (Wildman–Crippen MR) is 72.5 cm³/mol. The van der Waals surface area contributed by atoms with Crippen LogP contribution < -0.4 is 10.1 Å². The van der Waals surface area contributed by atoms with Crippen LogP contribution in [-0.4, -0.2) is 18.2 Å². The van der Waals surface area contributed by atoms with E-state index in [2.05, 4.69) is 27.3 Å². The Kier molecular flexibility index (Phi) is 3.27. The van der Waals surface area contributed by atoms with Crippen molar-refractivity contribution in [3.05, 3.63) is 28.2 Å². The van der Waals surface area contributed by atoms with Crippen LogP contribution >= 0.6 is 15.9 Å². The molecule has 4 heteroatoms. The molecule has 0 aromatic heterocycles. The molecule has 3 rings (SSSR count). The van der Waals surface area contributed by atoms with Gasteiger partial charge in [-0.15, -0.1) is 0 Å². The van der Waals surface area contributed by atoms with E-state index in [1.54, 1.807) is 6.07 Å². The summed E-state index contributed by atoms with van der Waals surface area (Å²) in [6, 6.07) is 8.98. The zero-order chi connectivity index (χ0) is 12.5. The van der Waals surface area contributed by atoms with Gasteiger partial charge in [0.2, 0.25) is 0 Å². The van der Waals surface area contributed by atoms with Crippen molar-refractivity contribution in [2.24, 2.45) is 0 Å². The summed E-state index contributed by atoms with van der Waals surface area (Å²) in [6.07, 6.45) is 5.05. The normalized spacial score (nSPS) is 29.9. The Labute approximate surface area is 115 Å². The Morgan fingerprint density at radius 3 is 2.61 bits per heavy atom. The molecule has 2 aliphatic heterocycles. The van der Waals surface area contributed by atoms with Crippen LogP contribution in [0.15, 0.2) is 22.7 Å². The fraction of sp³-hybridized carbons (Fsp3) is 0.500. The summed E-state index contributed by atoms with van der Waals surface area (Å²) < 4.78 is 6.84. The number of nitrogens with zero attached hydrogens (tertiary/aromatic N) is 1. The van der Waals surface area contributed by atoms with E-state index in [4.69, 9.17) is 10.00 Å². The first kappa shape index (κ1) is 12.0. The second-order valence-electron chi connectivity index (χ2n) is 5.10. The van der Waals surface area contributed by atoms with Crippen molar-refractivity contribution in [3.8, 4) is 11.8 Å². The lowest BCUT2D eigenvalue weighted by Crippen LogP contribution is -2.42. The molecule has 2 unspecified atom stereocenters. The highest BCUT2D eigenvalue weighted by Gasteiger charge is 2.34. The maximum absolute atomic E-state index is 8.88. The minimum atomic E-state index is 0.309. The minimum Gasteiger partial charge on any atom is -0.490 e. The van der Waals surface area contributed by atoms with Crippen molar-refractivity contribution in [2.45, 2.75) is 43.9 Å². The molecule has 1 N–H and O–H groups in total. The van der Waals surface area contributed by atoms with Crippen molar-refractivity contribution >= 4 is 15.9 Å². The zero-order valence-corrected chi connectivity index (χ0v) is 11.6. The number of rotatable bonds is 2. The molecule has 0 saturated carbocycles. The molecule has 1 aromatic carbocycles. The molecule has 1 aromatic rings. The first-order chi connectivity index (χ1) is 8.74. The summed E-state index contributed by atoms with van der Waals surface area (Å²) in [5.41, 5.74) is 0.646. The van der Waals surface area contributed by atoms with Crippen LogP contribution in [0.25, 0.3) is 0 Å². The minimum absolute atomic E-state index is 0.309. The smallest absolute Gasteiger partial charge is 0.120 e. The predicted octanol–water partition coefficient (Wildman–Crippen LogP) is 2.98. The number of benzene rings is 1. The van der Waals surface area contributed by atoms with Gasteiger partial charge in [0.25, 0.3) is 0 Å². The summed E-state index contributed by atoms with van der Waals surface area (Å²) in [4.78, 5) is 0. The quantitative estimate of drug-likeness (QED) is 0.913. The van der Waals surface area contributed by atoms with Gasteiger partial charge in [-0.25, -0.2) is 0 Å². The number of halogens is 1. The average molecular weight is 307 g/mol. The van der Waals surface area contributed by atoms with Crippen LogP contribution in [-0.2, 0) is 0 Å². The van der Waals surface area contributed by atoms with Crippen molar-refractivity contribution in [2.75, 3.05) is 0 Å². The van der Waals surface area contributed by atoms with Crippen molar-refractivity contribution in [1.29, 1.82) is 5.26 Å². The molecule has 0 radical (unpaired) electrons. The average Bonchev–Trinajstić information content (AvgIpc) is 2.69. The third-order valence-corrected chi connectivity index (χ3v) is 4.45. The molecule has 2 heterocycles. The number of nitrogens with one attached hydrogen (secondary N) is 1. The third kappa shape index (κ3) is 2.38. The molecular formula is C14H15BrN2O. The molecule has 18 heavy (non-hydrogen) atoms. The Balaban J connectivity index is 1.69. The Morgan fingerprint density at radius 2 is 2.00 bits per heavy atom. The first-order valence-corrected chi connectivity index (χ1v) is 7.16. The highest BCUT2D eigenvalue weighted by atomic mass is 79.9. The van der Waals surface area contributed by atoms with Gasteiger partial charge in [-0.1, -0.05) is 0 Å². The van der Waals surface area contributed by atoms with Crippen LogP contribution in [0.4, 0.5) is 0 Å². The van der Waals surface area contributed by atoms with E-state index in [0.29, 0.717) is 23.8 Å². The van der Waals surface area contributed by atoms with Gasteiger partial charge >= 0.3 is 0 Å². The van der Waals surface area contributed by atoms with Gasteiger partial charge < -0.3 is 10.1 Å². The molecule has 0 amide bonds. The largest absolute Gasteiger partial charge is 0.490 e. The fourth-order valence-electron chi connectivity index (χ4n) is 2.95. The zero-order valence-electron chi connectivity index (χ0n) is 10.0. The standard InChI is InChI=1S/C14H15BrN2O/c15-14-7-12(4-1-9(14)8-16)18-13-5-10-2-3-11(6-13)17-10/h1,4,7,10-11,13,17H,2-3,5-6H2. The van der Waals surface area contributed by atoms with Crippen LogP contribution in [0.2, 0.25) is 0 Å². The van der Waals surface area contributed by atoms with Gasteiger partial charge in [0, 0.05) is 16.6 Å². The molecule has 2 saturated heterocycles. The fourth-order valence-corrected chi connectivity index (χ4v) is 3.40. The summed E-state index contributed by atoms with van der Waals surface area (Å²) in [7, 11) is 0. The number of hydrogen-bond acceptors (Lipinski definition) is 3. The Bertz CT molecular complexity index is 485. The maximum Gasteiger partial charge on any atom is 0.120 e. The molecule has 2 atom stereocenters. The van der Waals surface area contributed by atoms with E-state index in [1.165, 1.54) is 12.8 Å². The lowest BCUT2D eigenvalue weighted by Gasteiger charge is -2.29. The summed E-state index contributed by atoms with van der Waals surface area (Å²) in [5, 5.41) is 12.5. The molecular weight excluding hydrogens is 292 g/mol. The van der Waals surface area contributed by atoms with Crippen LogP contribution in [0.3, 0.4) is 0 Å². The maximum atomic E-state index is 8.88. The summed E-state index contributed by atoms with van der Waals surface area (Å²) in [6.45, 7) is 0. The van der Waals surface area contributed by atoms with E-state index in [0.717, 1.165) is 23.1 Å². The van der Waals surface area contributed by atoms with Crippen molar-refractivity contribution in [1.82, 2.24) is 5.32 Å². The third-order valence-electron chi connectivity index (χ3n) is 3.79. The number of hydrogen-bond donors (Lipinski definition) is 1. The van der Waals surface area contributed by atoms with E-state index in [1.807, 2.05) is 12.1 Å². The monoisotopic (exact) mass is 306 g/mol. The van der Waals surface area contributed by atoms with Gasteiger partial charge in [-0.05, 0) is 59.8 Å². The number of fused-ring (bicyclic) bond motifs is 2. The number of nitriles is 1. The topological polar surface area (TPSA) is 45.0 Å². The second kappa shape index (κ2) is 4.91.